The molecule has 1 saturated carbocycles. The van der Waals surface area contributed by atoms with E-state index in [9.17, 15) is 28.2 Å². The Bertz CT molecular complexity index is 1290. The molecule has 0 radical (unpaired) electrons. The smallest absolute Gasteiger partial charge is 0.416 e. The Balaban J connectivity index is 1.73. The Morgan fingerprint density at radius 1 is 1.19 bits per heavy atom. The van der Waals surface area contributed by atoms with Gasteiger partial charge in [-0.3, -0.25) is 4.79 Å². The fourth-order valence-corrected chi connectivity index (χ4v) is 4.80. The first-order valence-electron chi connectivity index (χ1n) is 11.7. The van der Waals surface area contributed by atoms with Crippen LogP contribution in [0.3, 0.4) is 0 Å². The maximum atomic E-state index is 13.2. The molecule has 3 N–H and O–H groups in total. The van der Waals surface area contributed by atoms with Crippen LogP contribution in [0.15, 0.2) is 36.4 Å². The molecule has 0 amide bonds. The predicted octanol–water partition coefficient (Wildman–Crippen LogP) is 5.60. The Hall–Kier alpha value is -3.40. The van der Waals surface area contributed by atoms with Crippen LogP contribution >= 0.6 is 0 Å². The van der Waals surface area contributed by atoms with Crippen molar-refractivity contribution in [2.24, 2.45) is 5.92 Å². The van der Waals surface area contributed by atoms with E-state index in [-0.39, 0.29) is 12.8 Å². The number of benzene rings is 2. The number of carbonyl (C=O) groups is 1. The number of methoxy groups -OCH3 is 1. The van der Waals surface area contributed by atoms with Gasteiger partial charge < -0.3 is 20.3 Å². The Morgan fingerprint density at radius 3 is 2.50 bits per heavy atom. The number of hydrogen-bond acceptors (Lipinski definition) is 6. The Kier molecular flexibility index (Phi) is 6.83. The third-order valence-electron chi connectivity index (χ3n) is 6.86. The number of aromatic nitrogens is 2. The fraction of sp³-hybridized carbons (Fsp3) is 0.423. The first kappa shape index (κ1) is 25.7. The number of aryl methyl sites for hydroxylation is 1. The predicted molar refractivity (Wildman–Crippen MR) is 128 cm³/mol. The molecule has 1 aromatic heterocycles. The van der Waals surface area contributed by atoms with Gasteiger partial charge in [0.1, 0.15) is 17.4 Å². The minimum Gasteiger partial charge on any atom is -0.496 e. The first-order chi connectivity index (χ1) is 16.9. The van der Waals surface area contributed by atoms with Gasteiger partial charge in [-0.25, -0.2) is 9.97 Å². The summed E-state index contributed by atoms with van der Waals surface area (Å²) >= 11 is 0. The summed E-state index contributed by atoms with van der Waals surface area (Å²) in [5.74, 6) is -0.0886. The molecule has 1 heterocycles. The molecule has 0 spiro atoms. The number of nitrogens with one attached hydrogen (secondary N) is 1. The normalized spacial score (nSPS) is 21.2. The summed E-state index contributed by atoms with van der Waals surface area (Å²) in [6.07, 6.45) is -3.29. The van der Waals surface area contributed by atoms with E-state index in [1.807, 2.05) is 0 Å². The van der Waals surface area contributed by atoms with E-state index >= 15 is 0 Å². The number of halogens is 3. The van der Waals surface area contributed by atoms with Gasteiger partial charge in [0.05, 0.1) is 29.7 Å². The van der Waals surface area contributed by atoms with E-state index in [0.29, 0.717) is 52.3 Å². The van der Waals surface area contributed by atoms with Gasteiger partial charge in [-0.1, -0.05) is 12.1 Å². The van der Waals surface area contributed by atoms with E-state index < -0.39 is 35.3 Å². The number of ether oxygens (including phenoxy) is 1. The molecule has 36 heavy (non-hydrogen) atoms. The van der Waals surface area contributed by atoms with Crippen LogP contribution in [0.2, 0.25) is 0 Å². The van der Waals surface area contributed by atoms with Gasteiger partial charge in [0, 0.05) is 23.1 Å². The van der Waals surface area contributed by atoms with Crippen molar-refractivity contribution in [3.05, 3.63) is 58.9 Å². The van der Waals surface area contributed by atoms with Crippen LogP contribution in [-0.2, 0) is 16.6 Å². The summed E-state index contributed by atoms with van der Waals surface area (Å²) in [7, 11) is 1.49. The third-order valence-corrected chi connectivity index (χ3v) is 6.86. The number of alkyl halides is 3. The van der Waals surface area contributed by atoms with Crippen LogP contribution in [0.25, 0.3) is 10.9 Å². The summed E-state index contributed by atoms with van der Waals surface area (Å²) in [5.41, 5.74) is -0.536. The maximum absolute atomic E-state index is 13.2. The Labute approximate surface area is 206 Å². The zero-order valence-corrected chi connectivity index (χ0v) is 20.2. The number of carboxylic acids is 1. The molecule has 2 aromatic carbocycles. The van der Waals surface area contributed by atoms with E-state index in [2.05, 4.69) is 15.3 Å². The Morgan fingerprint density at radius 2 is 1.89 bits per heavy atom. The highest BCUT2D eigenvalue weighted by Crippen LogP contribution is 2.45. The quantitative estimate of drug-likeness (QED) is 0.402. The van der Waals surface area contributed by atoms with Gasteiger partial charge >= 0.3 is 12.1 Å². The van der Waals surface area contributed by atoms with Crippen molar-refractivity contribution in [1.82, 2.24) is 9.97 Å². The lowest BCUT2D eigenvalue weighted by molar-refractivity contribution is -0.145. The maximum Gasteiger partial charge on any atom is 0.416 e. The molecule has 3 aromatic rings. The molecule has 1 aliphatic rings. The molecule has 0 saturated heterocycles. The van der Waals surface area contributed by atoms with Crippen LogP contribution in [0.4, 0.5) is 19.0 Å². The monoisotopic (exact) mass is 503 g/mol. The van der Waals surface area contributed by atoms with Crippen LogP contribution in [-0.4, -0.2) is 33.3 Å². The molecule has 7 nitrogen and oxygen atoms in total. The van der Waals surface area contributed by atoms with Crippen molar-refractivity contribution in [2.45, 2.75) is 57.3 Å². The lowest BCUT2D eigenvalue weighted by atomic mass is 9.74. The summed E-state index contributed by atoms with van der Waals surface area (Å²) in [4.78, 5) is 20.3. The number of hydrogen-bond donors (Lipinski definition) is 3. The summed E-state index contributed by atoms with van der Waals surface area (Å²) in [6, 6.07) is 8.03. The standard InChI is InChI=1S/C26H28F3N3O4/c1-14(17-5-4-6-18(11-17)26(27,28)29)30-23-19-12-20(22(36-3)13-21(19)31-15(2)32-23)25(35)9-7-16(8-10-25)24(33)34/h4-6,11-14,16,35H,7-10H2,1-3H3,(H,33,34)(H,30,31,32)/t14-,16-,25-/m1/s1. The van der Waals surface area contributed by atoms with Gasteiger partial charge in [-0.15, -0.1) is 0 Å². The van der Waals surface area contributed by atoms with Crippen LogP contribution in [0.1, 0.15) is 61.2 Å². The molecule has 0 bridgehead atoms. The SMILES string of the molecule is COc1cc2nc(C)nc(N[C@H](C)c3cccc(C(F)(F)F)c3)c2cc1[C@]1(O)CC[C@H](C(=O)O)CC1. The van der Waals surface area contributed by atoms with Crippen molar-refractivity contribution < 1.29 is 32.9 Å². The second-order valence-electron chi connectivity index (χ2n) is 9.32. The van der Waals surface area contributed by atoms with Gasteiger partial charge in [0.15, 0.2) is 0 Å². The second kappa shape index (κ2) is 9.57. The van der Waals surface area contributed by atoms with Gasteiger partial charge in [-0.2, -0.15) is 13.2 Å². The van der Waals surface area contributed by atoms with Gasteiger partial charge in [-0.05, 0) is 63.3 Å². The largest absolute Gasteiger partial charge is 0.496 e. The van der Waals surface area contributed by atoms with Crippen LogP contribution < -0.4 is 10.1 Å². The number of aliphatic carboxylic acids is 1. The average Bonchev–Trinajstić information content (AvgIpc) is 2.83. The summed E-state index contributed by atoms with van der Waals surface area (Å²) < 4.78 is 45.2. The minimum atomic E-state index is -4.45. The van der Waals surface area contributed by atoms with E-state index in [1.165, 1.54) is 13.2 Å². The first-order valence-corrected chi connectivity index (χ1v) is 11.7. The summed E-state index contributed by atoms with van der Waals surface area (Å²) in [5, 5.41) is 24.6. The number of aliphatic hydroxyl groups is 1. The van der Waals surface area contributed by atoms with E-state index in [1.54, 1.807) is 32.0 Å². The fourth-order valence-electron chi connectivity index (χ4n) is 4.80. The highest BCUT2D eigenvalue weighted by Gasteiger charge is 2.39. The highest BCUT2D eigenvalue weighted by atomic mass is 19.4. The molecular weight excluding hydrogens is 475 g/mol. The molecule has 0 aliphatic heterocycles. The lowest BCUT2D eigenvalue weighted by Crippen LogP contribution is -2.34. The van der Waals surface area contributed by atoms with Crippen molar-refractivity contribution in [3.63, 3.8) is 0 Å². The number of fused-ring (bicyclic) bond motifs is 1. The zero-order chi connectivity index (χ0) is 26.3. The number of carboxylic acid groups (broad SMARTS) is 1. The minimum absolute atomic E-state index is 0.252. The van der Waals surface area contributed by atoms with Crippen LogP contribution in [0.5, 0.6) is 5.75 Å². The number of anilines is 1. The molecule has 192 valence electrons. The molecule has 4 rings (SSSR count). The van der Waals surface area contributed by atoms with Crippen molar-refractivity contribution in [2.75, 3.05) is 12.4 Å². The number of nitrogens with zero attached hydrogens (tertiary/aromatic N) is 2. The van der Waals surface area contributed by atoms with Crippen molar-refractivity contribution in [1.29, 1.82) is 0 Å². The van der Waals surface area contributed by atoms with Crippen molar-refractivity contribution in [3.8, 4) is 5.75 Å². The third kappa shape index (κ3) is 5.09. The highest BCUT2D eigenvalue weighted by molar-refractivity contribution is 5.91. The zero-order valence-electron chi connectivity index (χ0n) is 20.2. The average molecular weight is 504 g/mol. The second-order valence-corrected chi connectivity index (χ2v) is 9.32. The molecule has 1 aliphatic carbocycles. The van der Waals surface area contributed by atoms with Gasteiger partial charge in [0.2, 0.25) is 0 Å². The molecular formula is C26H28F3N3O4. The van der Waals surface area contributed by atoms with E-state index in [4.69, 9.17) is 4.74 Å². The van der Waals surface area contributed by atoms with Crippen LogP contribution in [0, 0.1) is 12.8 Å². The summed E-state index contributed by atoms with van der Waals surface area (Å²) in [6.45, 7) is 3.45. The van der Waals surface area contributed by atoms with Gasteiger partial charge in [0.25, 0.3) is 0 Å². The van der Waals surface area contributed by atoms with Crippen molar-refractivity contribution >= 4 is 22.7 Å². The molecule has 1 fully saturated rings. The number of rotatable bonds is 6. The topological polar surface area (TPSA) is 105 Å². The molecule has 10 heteroatoms. The lowest BCUT2D eigenvalue weighted by Gasteiger charge is -2.36. The molecule has 1 atom stereocenters. The van der Waals surface area contributed by atoms with E-state index in [0.717, 1.165) is 12.1 Å². The molecule has 0 unspecified atom stereocenters.